The molecule has 19 heavy (non-hydrogen) atoms. The van der Waals surface area contributed by atoms with Crippen LogP contribution in [-0.2, 0) is 9.47 Å². The van der Waals surface area contributed by atoms with Crippen LogP contribution in [0.2, 0.25) is 0 Å². The predicted molar refractivity (Wildman–Crippen MR) is 75.5 cm³/mol. The summed E-state index contributed by atoms with van der Waals surface area (Å²) in [6.45, 7) is 5.59. The summed E-state index contributed by atoms with van der Waals surface area (Å²) in [6.07, 6.45) is 0.298. The molecule has 1 aromatic heterocycles. The van der Waals surface area contributed by atoms with Gasteiger partial charge >= 0.3 is 5.97 Å². The van der Waals surface area contributed by atoms with Gasteiger partial charge in [0.25, 0.3) is 0 Å². The zero-order valence-electron chi connectivity index (χ0n) is 11.2. The topological polar surface area (TPSA) is 51.7 Å². The Morgan fingerprint density at radius 1 is 1.42 bits per heavy atom. The second-order valence-corrected chi connectivity index (χ2v) is 5.51. The fourth-order valence-electron chi connectivity index (χ4n) is 2.21. The zero-order valence-corrected chi connectivity index (χ0v) is 12.8. The lowest BCUT2D eigenvalue weighted by Gasteiger charge is -2.36. The quantitative estimate of drug-likeness (QED) is 0.779. The van der Waals surface area contributed by atoms with Crippen LogP contribution in [0.5, 0.6) is 0 Å². The van der Waals surface area contributed by atoms with Gasteiger partial charge in [-0.1, -0.05) is 0 Å². The number of esters is 1. The summed E-state index contributed by atoms with van der Waals surface area (Å²) in [7, 11) is 1.35. The van der Waals surface area contributed by atoms with Crippen molar-refractivity contribution in [1.29, 1.82) is 0 Å². The molecule has 1 aliphatic rings. The third-order valence-electron chi connectivity index (χ3n) is 2.95. The summed E-state index contributed by atoms with van der Waals surface area (Å²) in [6, 6.07) is 3.71. The van der Waals surface area contributed by atoms with E-state index in [1.807, 2.05) is 26.0 Å². The number of methoxy groups -OCH3 is 1. The number of anilines is 1. The Labute approximate surface area is 121 Å². The number of carbonyl (C=O) groups excluding carboxylic acids is 1. The lowest BCUT2D eigenvalue weighted by Crippen LogP contribution is -2.46. The summed E-state index contributed by atoms with van der Waals surface area (Å²) in [5, 5.41) is 0. The minimum Gasteiger partial charge on any atom is -0.464 e. The van der Waals surface area contributed by atoms with Gasteiger partial charge in [-0.25, -0.2) is 9.78 Å². The Hall–Kier alpha value is -1.14. The van der Waals surface area contributed by atoms with Gasteiger partial charge in [-0.05, 0) is 41.9 Å². The van der Waals surface area contributed by atoms with Crippen LogP contribution in [0.1, 0.15) is 24.3 Å². The molecule has 0 aliphatic carbocycles. The van der Waals surface area contributed by atoms with Crippen LogP contribution in [0.15, 0.2) is 16.6 Å². The van der Waals surface area contributed by atoms with Crippen molar-refractivity contribution in [1.82, 2.24) is 4.98 Å². The smallest absolute Gasteiger partial charge is 0.357 e. The number of nitrogens with zero attached hydrogens (tertiary/aromatic N) is 2. The normalized spacial score (nSPS) is 23.3. The van der Waals surface area contributed by atoms with E-state index in [-0.39, 0.29) is 12.2 Å². The number of halogens is 1. The standard InChI is InChI=1S/C13H17BrN2O3/c1-8-6-16(7-9(2)19-8)11-5-4-10(14)12(15-11)13(17)18-3/h4-5,8-9H,6-7H2,1-3H3/t8-,9+. The average Bonchev–Trinajstić information content (AvgIpc) is 2.37. The lowest BCUT2D eigenvalue weighted by molar-refractivity contribution is -0.00546. The highest BCUT2D eigenvalue weighted by molar-refractivity contribution is 9.10. The Morgan fingerprint density at radius 3 is 2.63 bits per heavy atom. The molecular weight excluding hydrogens is 312 g/mol. The van der Waals surface area contributed by atoms with Crippen molar-refractivity contribution < 1.29 is 14.3 Å². The van der Waals surface area contributed by atoms with Crippen molar-refractivity contribution in [3.05, 3.63) is 22.3 Å². The molecule has 1 aliphatic heterocycles. The first-order chi connectivity index (χ1) is 9.01. The molecule has 6 heteroatoms. The molecule has 0 N–H and O–H groups in total. The van der Waals surface area contributed by atoms with Crippen molar-refractivity contribution in [3.8, 4) is 0 Å². The minimum absolute atomic E-state index is 0.149. The van der Waals surface area contributed by atoms with Crippen molar-refractivity contribution in [2.24, 2.45) is 0 Å². The van der Waals surface area contributed by atoms with Crippen LogP contribution in [0.4, 0.5) is 5.82 Å². The summed E-state index contributed by atoms with van der Waals surface area (Å²) in [5.41, 5.74) is 0.298. The molecule has 0 aromatic carbocycles. The van der Waals surface area contributed by atoms with Gasteiger partial charge in [0.2, 0.25) is 0 Å². The molecule has 0 bridgehead atoms. The van der Waals surface area contributed by atoms with E-state index in [2.05, 4.69) is 25.8 Å². The Balaban J connectivity index is 2.27. The maximum atomic E-state index is 11.6. The number of aromatic nitrogens is 1. The Bertz CT molecular complexity index is 471. The number of ether oxygens (including phenoxy) is 2. The SMILES string of the molecule is COC(=O)c1nc(N2C[C@@H](C)O[C@@H](C)C2)ccc1Br. The molecule has 0 spiro atoms. The van der Waals surface area contributed by atoms with Gasteiger partial charge in [-0.3, -0.25) is 0 Å². The van der Waals surface area contributed by atoms with E-state index in [1.54, 1.807) is 0 Å². The molecule has 0 amide bonds. The van der Waals surface area contributed by atoms with Crippen LogP contribution in [0.3, 0.4) is 0 Å². The highest BCUT2D eigenvalue weighted by atomic mass is 79.9. The number of carbonyl (C=O) groups is 1. The first kappa shape index (κ1) is 14.3. The van der Waals surface area contributed by atoms with Gasteiger partial charge in [-0.2, -0.15) is 0 Å². The van der Waals surface area contributed by atoms with E-state index < -0.39 is 5.97 Å². The highest BCUT2D eigenvalue weighted by Crippen LogP contribution is 2.23. The molecule has 1 saturated heterocycles. The van der Waals surface area contributed by atoms with Crippen molar-refractivity contribution in [3.63, 3.8) is 0 Å². The summed E-state index contributed by atoms with van der Waals surface area (Å²) in [5.74, 6) is 0.327. The van der Waals surface area contributed by atoms with Gasteiger partial charge in [-0.15, -0.1) is 0 Å². The zero-order chi connectivity index (χ0) is 14.0. The van der Waals surface area contributed by atoms with Gasteiger partial charge < -0.3 is 14.4 Å². The number of pyridine rings is 1. The molecule has 2 atom stereocenters. The molecule has 1 fully saturated rings. The van der Waals surface area contributed by atoms with Gasteiger partial charge in [0, 0.05) is 13.1 Å². The number of rotatable bonds is 2. The first-order valence-corrected chi connectivity index (χ1v) is 6.96. The van der Waals surface area contributed by atoms with E-state index in [0.717, 1.165) is 18.9 Å². The Kier molecular flexibility index (Phi) is 4.42. The maximum Gasteiger partial charge on any atom is 0.357 e. The van der Waals surface area contributed by atoms with Crippen LogP contribution in [0, 0.1) is 0 Å². The maximum absolute atomic E-state index is 11.6. The van der Waals surface area contributed by atoms with E-state index in [0.29, 0.717) is 10.2 Å². The molecule has 0 unspecified atom stereocenters. The van der Waals surface area contributed by atoms with Crippen LogP contribution < -0.4 is 4.90 Å². The third-order valence-corrected chi connectivity index (χ3v) is 3.59. The second kappa shape index (κ2) is 5.88. The van der Waals surface area contributed by atoms with Crippen molar-refractivity contribution >= 4 is 27.7 Å². The summed E-state index contributed by atoms with van der Waals surface area (Å²) >= 11 is 3.31. The van der Waals surface area contributed by atoms with Gasteiger partial charge in [0.15, 0.2) is 5.69 Å². The van der Waals surface area contributed by atoms with E-state index >= 15 is 0 Å². The minimum atomic E-state index is -0.442. The molecule has 2 heterocycles. The Morgan fingerprint density at radius 2 is 2.05 bits per heavy atom. The monoisotopic (exact) mass is 328 g/mol. The highest BCUT2D eigenvalue weighted by Gasteiger charge is 2.24. The fourth-order valence-corrected chi connectivity index (χ4v) is 2.60. The molecule has 2 rings (SSSR count). The molecular formula is C13H17BrN2O3. The van der Waals surface area contributed by atoms with Gasteiger partial charge in [0.1, 0.15) is 5.82 Å². The predicted octanol–water partition coefficient (Wildman–Crippen LogP) is 2.24. The van der Waals surface area contributed by atoms with E-state index in [1.165, 1.54) is 7.11 Å². The molecule has 0 saturated carbocycles. The summed E-state index contributed by atoms with van der Waals surface area (Å²) < 4.78 is 11.1. The van der Waals surface area contributed by atoms with E-state index in [9.17, 15) is 4.79 Å². The van der Waals surface area contributed by atoms with Crippen molar-refractivity contribution in [2.45, 2.75) is 26.1 Å². The van der Waals surface area contributed by atoms with Crippen molar-refractivity contribution in [2.75, 3.05) is 25.1 Å². The number of hydrogen-bond donors (Lipinski definition) is 0. The first-order valence-electron chi connectivity index (χ1n) is 6.16. The lowest BCUT2D eigenvalue weighted by atomic mass is 10.2. The van der Waals surface area contributed by atoms with Crippen LogP contribution in [-0.4, -0.2) is 43.4 Å². The largest absolute Gasteiger partial charge is 0.464 e. The molecule has 0 radical (unpaired) electrons. The second-order valence-electron chi connectivity index (χ2n) is 4.65. The summed E-state index contributed by atoms with van der Waals surface area (Å²) in [4.78, 5) is 18.1. The number of hydrogen-bond acceptors (Lipinski definition) is 5. The van der Waals surface area contributed by atoms with E-state index in [4.69, 9.17) is 9.47 Å². The third kappa shape index (κ3) is 3.25. The van der Waals surface area contributed by atoms with Gasteiger partial charge in [0.05, 0.1) is 23.8 Å². The molecule has 1 aromatic rings. The molecule has 5 nitrogen and oxygen atoms in total. The fraction of sp³-hybridized carbons (Fsp3) is 0.538. The average molecular weight is 329 g/mol. The van der Waals surface area contributed by atoms with Crippen LogP contribution in [0.25, 0.3) is 0 Å². The number of morpholine rings is 1. The molecule has 104 valence electrons. The van der Waals surface area contributed by atoms with Crippen LogP contribution >= 0.6 is 15.9 Å².